The van der Waals surface area contributed by atoms with Crippen molar-refractivity contribution in [2.45, 2.75) is 6.42 Å². The van der Waals surface area contributed by atoms with Gasteiger partial charge in [-0.3, -0.25) is 0 Å². The summed E-state index contributed by atoms with van der Waals surface area (Å²) in [6.07, 6.45) is 7.35. The van der Waals surface area contributed by atoms with Crippen LogP contribution in [0.15, 0.2) is 97.3 Å². The SMILES string of the molecule is C(=C\n1nc(-c2ccccc2)cc1-c1ccccc1)/N1CCN(c2nccc3c4cc(cc23)C4)CC1. The average Bonchev–Trinajstić information content (AvgIpc) is 3.36. The maximum Gasteiger partial charge on any atom is 0.136 e. The largest absolute Gasteiger partial charge is 0.373 e. The molecule has 5 aromatic rings. The maximum atomic E-state index is 4.93. The van der Waals surface area contributed by atoms with Gasteiger partial charge in [-0.2, -0.15) is 5.10 Å². The monoisotopic (exact) mass is 469 g/mol. The fourth-order valence-corrected chi connectivity index (χ4v) is 5.33. The third-order valence-corrected chi connectivity index (χ3v) is 7.31. The van der Waals surface area contributed by atoms with E-state index in [4.69, 9.17) is 10.1 Å². The van der Waals surface area contributed by atoms with Crippen molar-refractivity contribution in [1.29, 1.82) is 0 Å². The van der Waals surface area contributed by atoms with E-state index >= 15 is 0 Å². The van der Waals surface area contributed by atoms with Gasteiger partial charge in [-0.15, -0.1) is 0 Å². The Morgan fingerprint density at radius 3 is 2.17 bits per heavy atom. The molecule has 0 unspecified atom stereocenters. The van der Waals surface area contributed by atoms with Crippen LogP contribution >= 0.6 is 0 Å². The van der Waals surface area contributed by atoms with E-state index in [1.165, 1.54) is 21.9 Å². The molecule has 0 N–H and O–H groups in total. The fourth-order valence-electron chi connectivity index (χ4n) is 5.33. The topological polar surface area (TPSA) is 37.2 Å². The maximum absolute atomic E-state index is 4.93. The molecule has 1 fully saturated rings. The molecule has 0 saturated carbocycles. The first-order chi connectivity index (χ1) is 17.8. The number of nitrogens with zero attached hydrogens (tertiary/aromatic N) is 5. The van der Waals surface area contributed by atoms with Crippen LogP contribution in [0, 0.1) is 0 Å². The van der Waals surface area contributed by atoms with Crippen molar-refractivity contribution >= 4 is 22.8 Å². The molecule has 8 rings (SSSR count). The summed E-state index contributed by atoms with van der Waals surface area (Å²) in [6.45, 7) is 3.81. The van der Waals surface area contributed by atoms with Crippen molar-refractivity contribution in [1.82, 2.24) is 19.7 Å². The van der Waals surface area contributed by atoms with Gasteiger partial charge >= 0.3 is 0 Å². The van der Waals surface area contributed by atoms with Gasteiger partial charge in [0.05, 0.1) is 11.4 Å². The summed E-state index contributed by atoms with van der Waals surface area (Å²) in [5.74, 6) is 1.13. The Kier molecular flexibility index (Phi) is 5.05. The van der Waals surface area contributed by atoms with Crippen LogP contribution in [-0.4, -0.2) is 45.8 Å². The molecule has 5 heteroatoms. The Hall–Kier alpha value is -4.38. The van der Waals surface area contributed by atoms with Crippen LogP contribution in [0.2, 0.25) is 0 Å². The molecular weight excluding hydrogens is 442 g/mol. The molecule has 2 aromatic heterocycles. The van der Waals surface area contributed by atoms with Crippen molar-refractivity contribution < 1.29 is 0 Å². The molecule has 2 aliphatic carbocycles. The minimum Gasteiger partial charge on any atom is -0.373 e. The predicted octanol–water partition coefficient (Wildman–Crippen LogP) is 5.92. The lowest BCUT2D eigenvalue weighted by Crippen LogP contribution is -2.44. The van der Waals surface area contributed by atoms with E-state index in [1.54, 1.807) is 0 Å². The Morgan fingerprint density at radius 1 is 0.694 bits per heavy atom. The second kappa shape index (κ2) is 8.68. The third kappa shape index (κ3) is 3.73. The van der Waals surface area contributed by atoms with Crippen LogP contribution in [-0.2, 0) is 6.42 Å². The second-order valence-corrected chi connectivity index (χ2v) is 9.57. The minimum atomic E-state index is 0.953. The highest BCUT2D eigenvalue weighted by Gasteiger charge is 2.21. The summed E-state index contributed by atoms with van der Waals surface area (Å²) >= 11 is 0. The Labute approximate surface area is 210 Å². The van der Waals surface area contributed by atoms with Gasteiger partial charge in [0.15, 0.2) is 0 Å². The van der Waals surface area contributed by atoms with Crippen LogP contribution < -0.4 is 4.90 Å². The molecule has 3 aliphatic rings. The number of aromatic nitrogens is 3. The van der Waals surface area contributed by atoms with Gasteiger partial charge < -0.3 is 9.80 Å². The van der Waals surface area contributed by atoms with Crippen molar-refractivity contribution in [3.8, 4) is 22.5 Å². The lowest BCUT2D eigenvalue weighted by Gasteiger charge is -2.35. The summed E-state index contributed by atoms with van der Waals surface area (Å²) in [7, 11) is 0. The molecular formula is C31H27N5. The van der Waals surface area contributed by atoms with Crippen LogP contribution in [0.25, 0.3) is 39.5 Å². The smallest absolute Gasteiger partial charge is 0.136 e. The Bertz CT molecular complexity index is 1560. The number of benzene rings is 3. The zero-order valence-corrected chi connectivity index (χ0v) is 20.1. The number of hydrogen-bond donors (Lipinski definition) is 0. The molecule has 2 bridgehead atoms. The normalized spacial score (nSPS) is 15.0. The molecule has 3 aromatic carbocycles. The highest BCUT2D eigenvalue weighted by molar-refractivity contribution is 5.97. The zero-order valence-electron chi connectivity index (χ0n) is 20.1. The van der Waals surface area contributed by atoms with Crippen LogP contribution in [0.5, 0.6) is 0 Å². The van der Waals surface area contributed by atoms with Crippen molar-refractivity contribution in [3.63, 3.8) is 0 Å². The van der Waals surface area contributed by atoms with Gasteiger partial charge in [-0.1, -0.05) is 66.7 Å². The van der Waals surface area contributed by atoms with Crippen LogP contribution in [0.4, 0.5) is 5.82 Å². The summed E-state index contributed by atoms with van der Waals surface area (Å²) in [5, 5.41) is 7.60. The quantitative estimate of drug-likeness (QED) is 0.314. The molecule has 5 nitrogen and oxygen atoms in total. The standard InChI is InChI=1S/C31H27N5/c1-3-7-24(8-4-1)29-22-30(25-9-5-2-6-10-25)36(33-29)18-15-34-13-16-35(17-14-34)31-28-21-23-19-26(20-23)27(28)11-12-32-31/h1-12,15,18-19,21-22H,13-14,16-17,20H2/b18-15+. The number of pyridine rings is 1. The van der Waals surface area contributed by atoms with E-state index in [2.05, 4.69) is 95.0 Å². The number of anilines is 1. The molecule has 176 valence electrons. The van der Waals surface area contributed by atoms with Crippen molar-refractivity contribution in [3.05, 3.63) is 108 Å². The highest BCUT2D eigenvalue weighted by Crippen LogP contribution is 2.35. The fraction of sp³-hybridized carbons (Fsp3) is 0.161. The van der Waals surface area contributed by atoms with E-state index in [-0.39, 0.29) is 0 Å². The predicted molar refractivity (Wildman–Crippen MR) is 147 cm³/mol. The highest BCUT2D eigenvalue weighted by atomic mass is 15.3. The lowest BCUT2D eigenvalue weighted by atomic mass is 9.87. The molecule has 0 spiro atoms. The lowest BCUT2D eigenvalue weighted by molar-refractivity contribution is 0.349. The second-order valence-electron chi connectivity index (χ2n) is 9.57. The van der Waals surface area contributed by atoms with E-state index in [0.29, 0.717) is 0 Å². The molecule has 0 amide bonds. The molecule has 0 atom stereocenters. The van der Waals surface area contributed by atoms with Gasteiger partial charge in [-0.25, -0.2) is 9.67 Å². The van der Waals surface area contributed by atoms with E-state index in [0.717, 1.165) is 60.9 Å². The molecule has 3 heterocycles. The van der Waals surface area contributed by atoms with E-state index in [1.807, 2.05) is 23.0 Å². The van der Waals surface area contributed by atoms with Crippen LogP contribution in [0.1, 0.15) is 11.1 Å². The van der Waals surface area contributed by atoms with Gasteiger partial charge in [0.2, 0.25) is 0 Å². The van der Waals surface area contributed by atoms with Crippen LogP contribution in [0.3, 0.4) is 0 Å². The first-order valence-corrected chi connectivity index (χ1v) is 12.6. The molecule has 1 saturated heterocycles. The van der Waals surface area contributed by atoms with Crippen molar-refractivity contribution in [2.24, 2.45) is 0 Å². The van der Waals surface area contributed by atoms with Gasteiger partial charge in [-0.05, 0) is 41.1 Å². The Balaban J connectivity index is 1.12. The number of piperazine rings is 1. The van der Waals surface area contributed by atoms with E-state index < -0.39 is 0 Å². The minimum absolute atomic E-state index is 0.953. The molecule has 0 radical (unpaired) electrons. The van der Waals surface area contributed by atoms with Gasteiger partial charge in [0, 0.05) is 61.3 Å². The summed E-state index contributed by atoms with van der Waals surface area (Å²) in [4.78, 5) is 9.58. The zero-order chi connectivity index (χ0) is 23.9. The first-order valence-electron chi connectivity index (χ1n) is 12.6. The molecule has 1 aliphatic heterocycles. The van der Waals surface area contributed by atoms with E-state index in [9.17, 15) is 0 Å². The number of hydrogen-bond acceptors (Lipinski definition) is 4. The molecule has 36 heavy (non-hydrogen) atoms. The average molecular weight is 470 g/mol. The van der Waals surface area contributed by atoms with Gasteiger partial charge in [0.25, 0.3) is 0 Å². The summed E-state index contributed by atoms with van der Waals surface area (Å²) in [5.41, 5.74) is 7.23. The summed E-state index contributed by atoms with van der Waals surface area (Å²) < 4.78 is 2.01. The third-order valence-electron chi connectivity index (χ3n) is 7.31. The van der Waals surface area contributed by atoms with Gasteiger partial charge in [0.1, 0.15) is 5.82 Å². The number of rotatable bonds is 5. The summed E-state index contributed by atoms with van der Waals surface area (Å²) in [6, 6.07) is 29.8. The van der Waals surface area contributed by atoms with Crippen molar-refractivity contribution in [2.75, 3.05) is 31.1 Å². The first kappa shape index (κ1) is 20.9. The Morgan fingerprint density at radius 2 is 1.42 bits per heavy atom.